The van der Waals surface area contributed by atoms with Crippen molar-refractivity contribution in [1.29, 1.82) is 0 Å². The molecule has 3 nitrogen and oxygen atoms in total. The third kappa shape index (κ3) is 5.69. The van der Waals surface area contributed by atoms with E-state index in [1.54, 1.807) is 0 Å². The van der Waals surface area contributed by atoms with Crippen molar-refractivity contribution in [3.05, 3.63) is 59.8 Å². The van der Waals surface area contributed by atoms with Crippen molar-refractivity contribution in [2.45, 2.75) is 62.5 Å². The second kappa shape index (κ2) is 10.5. The zero-order chi connectivity index (χ0) is 20.8. The molecule has 2 heterocycles. The molecule has 1 atom stereocenters. The van der Waals surface area contributed by atoms with E-state index in [9.17, 15) is 0 Å². The molecule has 0 amide bonds. The van der Waals surface area contributed by atoms with Crippen LogP contribution in [0.25, 0.3) is 22.0 Å². The number of aliphatic hydroxyl groups excluding tert-OH is 1. The van der Waals surface area contributed by atoms with E-state index >= 15 is 0 Å². The van der Waals surface area contributed by atoms with E-state index in [1.165, 1.54) is 65.4 Å². The van der Waals surface area contributed by atoms with Crippen molar-refractivity contribution in [1.82, 2.24) is 10.3 Å². The van der Waals surface area contributed by atoms with Gasteiger partial charge in [0.1, 0.15) is 0 Å². The van der Waals surface area contributed by atoms with Crippen molar-refractivity contribution in [2.75, 3.05) is 13.2 Å². The topological polar surface area (TPSA) is 48.0 Å². The number of benzene rings is 2. The summed E-state index contributed by atoms with van der Waals surface area (Å²) in [6.07, 6.45) is 8.05. The molecule has 1 aliphatic heterocycles. The number of H-pyrrole nitrogens is 1. The van der Waals surface area contributed by atoms with Gasteiger partial charge >= 0.3 is 0 Å². The highest BCUT2D eigenvalue weighted by Gasteiger charge is 2.15. The van der Waals surface area contributed by atoms with Gasteiger partial charge in [-0.25, -0.2) is 0 Å². The molecule has 1 saturated heterocycles. The van der Waals surface area contributed by atoms with Crippen LogP contribution in [0.2, 0.25) is 0 Å². The Bertz CT molecular complexity index is 939. The Kier molecular flexibility index (Phi) is 7.53. The van der Waals surface area contributed by atoms with E-state index < -0.39 is 0 Å². The molecule has 2 aromatic carbocycles. The largest absolute Gasteiger partial charge is 0.395 e. The third-order valence-corrected chi connectivity index (χ3v) is 7.63. The Hall–Kier alpha value is -1.75. The zero-order valence-corrected chi connectivity index (χ0v) is 18.8. The smallest absolute Gasteiger partial charge is 0.0584 e. The van der Waals surface area contributed by atoms with Crippen molar-refractivity contribution in [3.8, 4) is 11.1 Å². The van der Waals surface area contributed by atoms with Crippen molar-refractivity contribution >= 4 is 22.7 Å². The molecule has 0 spiro atoms. The predicted molar refractivity (Wildman–Crippen MR) is 130 cm³/mol. The van der Waals surface area contributed by atoms with Crippen molar-refractivity contribution in [3.63, 3.8) is 0 Å². The van der Waals surface area contributed by atoms with Crippen LogP contribution < -0.4 is 5.32 Å². The first-order valence-corrected chi connectivity index (χ1v) is 12.4. The Morgan fingerprint density at radius 1 is 0.967 bits per heavy atom. The Balaban J connectivity index is 0.000000265. The number of fused-ring (bicyclic) bond motifs is 1. The predicted octanol–water partition coefficient (Wildman–Crippen LogP) is 6.05. The standard InChI is InChI=1S/C21H23NS.C5H11NO/c1-15-11-19-13-18(9-10-21(19)22-15)17-6-4-5-16(12-17)14-23-20-7-2-3-8-20;7-4-5-2-1-3-6-5/h4-6,9-13,20,22H,2-3,7-8,14H2,1H3;5-7H,1-4H2. The summed E-state index contributed by atoms with van der Waals surface area (Å²) in [4.78, 5) is 3.40. The quantitative estimate of drug-likeness (QED) is 0.469. The van der Waals surface area contributed by atoms with Crippen LogP contribution in [0.3, 0.4) is 0 Å². The van der Waals surface area contributed by atoms with Gasteiger partial charge in [0.25, 0.3) is 0 Å². The maximum atomic E-state index is 8.50. The minimum absolute atomic E-state index is 0.306. The van der Waals surface area contributed by atoms with E-state index in [-0.39, 0.29) is 0 Å². The van der Waals surface area contributed by atoms with Crippen LogP contribution in [0.5, 0.6) is 0 Å². The summed E-state index contributed by atoms with van der Waals surface area (Å²) in [6.45, 7) is 3.51. The molecule has 1 unspecified atom stereocenters. The van der Waals surface area contributed by atoms with Gasteiger partial charge in [-0.2, -0.15) is 11.8 Å². The van der Waals surface area contributed by atoms with Gasteiger partial charge in [0, 0.05) is 33.6 Å². The van der Waals surface area contributed by atoms with Crippen LogP contribution in [0.4, 0.5) is 0 Å². The van der Waals surface area contributed by atoms with Crippen LogP contribution in [0, 0.1) is 6.92 Å². The number of aromatic nitrogens is 1. The number of rotatable bonds is 5. The van der Waals surface area contributed by atoms with Crippen LogP contribution in [-0.4, -0.2) is 34.5 Å². The maximum absolute atomic E-state index is 8.50. The minimum Gasteiger partial charge on any atom is -0.395 e. The van der Waals surface area contributed by atoms with Gasteiger partial charge in [-0.1, -0.05) is 43.2 Å². The number of nitrogens with one attached hydrogen (secondary N) is 2. The highest BCUT2D eigenvalue weighted by atomic mass is 32.2. The summed E-state index contributed by atoms with van der Waals surface area (Å²) in [5.74, 6) is 1.14. The lowest BCUT2D eigenvalue weighted by molar-refractivity contribution is 0.255. The summed E-state index contributed by atoms with van der Waals surface area (Å²) >= 11 is 2.14. The molecule has 1 saturated carbocycles. The fraction of sp³-hybridized carbons (Fsp3) is 0.462. The fourth-order valence-corrected chi connectivity index (χ4v) is 5.75. The summed E-state index contributed by atoms with van der Waals surface area (Å²) in [5.41, 5.74) is 6.53. The van der Waals surface area contributed by atoms with Crippen LogP contribution in [0.15, 0.2) is 48.5 Å². The first kappa shape index (κ1) is 21.5. The first-order chi connectivity index (χ1) is 14.7. The van der Waals surface area contributed by atoms with E-state index in [2.05, 4.69) is 77.5 Å². The molecule has 1 aromatic heterocycles. The molecule has 3 aromatic rings. The summed E-state index contributed by atoms with van der Waals surface area (Å²) in [5, 5.41) is 13.8. The van der Waals surface area contributed by atoms with Gasteiger partial charge in [0.2, 0.25) is 0 Å². The van der Waals surface area contributed by atoms with Gasteiger partial charge in [0.05, 0.1) is 6.61 Å². The Morgan fingerprint density at radius 2 is 1.80 bits per heavy atom. The monoisotopic (exact) mass is 422 g/mol. The van der Waals surface area contributed by atoms with Crippen molar-refractivity contribution < 1.29 is 5.11 Å². The average Bonchev–Trinajstić information content (AvgIpc) is 3.53. The Morgan fingerprint density at radius 3 is 2.53 bits per heavy atom. The second-order valence-electron chi connectivity index (χ2n) is 8.65. The molecular formula is C26H34N2OS. The molecule has 1 aliphatic carbocycles. The highest BCUT2D eigenvalue weighted by Crippen LogP contribution is 2.32. The number of hydrogen-bond acceptors (Lipinski definition) is 3. The third-order valence-electron chi connectivity index (χ3n) is 6.19. The molecule has 5 rings (SSSR count). The minimum atomic E-state index is 0.306. The molecule has 0 bridgehead atoms. The maximum Gasteiger partial charge on any atom is 0.0584 e. The summed E-state index contributed by atoms with van der Waals surface area (Å²) in [6, 6.07) is 18.4. The summed E-state index contributed by atoms with van der Waals surface area (Å²) < 4.78 is 0. The number of thioether (sulfide) groups is 1. The number of hydrogen-bond donors (Lipinski definition) is 3. The number of aliphatic hydroxyl groups is 1. The lowest BCUT2D eigenvalue weighted by atomic mass is 10.0. The molecular weight excluding hydrogens is 388 g/mol. The molecule has 0 radical (unpaired) electrons. The average molecular weight is 423 g/mol. The van der Waals surface area contributed by atoms with Crippen LogP contribution >= 0.6 is 11.8 Å². The van der Waals surface area contributed by atoms with Gasteiger partial charge in [0.15, 0.2) is 0 Å². The molecule has 160 valence electrons. The zero-order valence-electron chi connectivity index (χ0n) is 18.0. The van der Waals surface area contributed by atoms with Crippen LogP contribution in [-0.2, 0) is 5.75 Å². The fourth-order valence-electron chi connectivity index (χ4n) is 4.48. The van der Waals surface area contributed by atoms with Gasteiger partial charge in [-0.3, -0.25) is 0 Å². The SMILES string of the molecule is Cc1cc2cc(-c3cccc(CSC4CCCC4)c3)ccc2[nH]1.OCC1CCCN1. The normalized spacial score (nSPS) is 19.2. The molecule has 2 aliphatic rings. The van der Waals surface area contributed by atoms with Gasteiger partial charge in [-0.05, 0) is 74.0 Å². The van der Waals surface area contributed by atoms with E-state index in [4.69, 9.17) is 5.11 Å². The second-order valence-corrected chi connectivity index (χ2v) is 9.94. The number of aromatic amines is 1. The van der Waals surface area contributed by atoms with E-state index in [0.29, 0.717) is 12.6 Å². The lowest BCUT2D eigenvalue weighted by Gasteiger charge is -2.10. The van der Waals surface area contributed by atoms with Crippen molar-refractivity contribution in [2.24, 2.45) is 0 Å². The van der Waals surface area contributed by atoms with Gasteiger partial charge < -0.3 is 15.4 Å². The molecule has 2 fully saturated rings. The molecule has 3 N–H and O–H groups in total. The summed E-state index contributed by atoms with van der Waals surface area (Å²) in [7, 11) is 0. The van der Waals surface area contributed by atoms with E-state index in [0.717, 1.165) is 24.0 Å². The van der Waals surface area contributed by atoms with Gasteiger partial charge in [-0.15, -0.1) is 0 Å². The van der Waals surface area contributed by atoms with Crippen LogP contribution in [0.1, 0.15) is 49.8 Å². The van der Waals surface area contributed by atoms with E-state index in [1.807, 2.05) is 0 Å². The Labute approximate surface area is 184 Å². The lowest BCUT2D eigenvalue weighted by Crippen LogP contribution is -2.24. The molecule has 30 heavy (non-hydrogen) atoms. The molecule has 4 heteroatoms. The first-order valence-electron chi connectivity index (χ1n) is 11.4. The highest BCUT2D eigenvalue weighted by molar-refractivity contribution is 7.99. The number of aryl methyl sites for hydroxylation is 1.